The second-order valence-corrected chi connectivity index (χ2v) is 8.46. The van der Waals surface area contributed by atoms with Crippen LogP contribution < -0.4 is 10.1 Å². The summed E-state index contributed by atoms with van der Waals surface area (Å²) in [6.45, 7) is 6.48. The first-order valence-electron chi connectivity index (χ1n) is 9.24. The molecule has 0 amide bonds. The van der Waals surface area contributed by atoms with Crippen LogP contribution in [0.4, 0.5) is 10.8 Å². The van der Waals surface area contributed by atoms with Gasteiger partial charge in [0.25, 0.3) is 0 Å². The van der Waals surface area contributed by atoms with Crippen molar-refractivity contribution in [3.8, 4) is 22.2 Å². The number of nitrogens with one attached hydrogen (secondary N) is 1. The lowest BCUT2D eigenvalue weighted by Gasteiger charge is -2.22. The molecule has 4 aromatic rings. The molecule has 0 fully saturated rings. The van der Waals surface area contributed by atoms with Gasteiger partial charge in [0, 0.05) is 29.7 Å². The quantitative estimate of drug-likeness (QED) is 0.452. The molecule has 0 bridgehead atoms. The first-order chi connectivity index (χ1) is 14.0. The molecule has 7 heteroatoms. The number of para-hydroxylation sites is 1. The fourth-order valence-electron chi connectivity index (χ4n) is 2.84. The van der Waals surface area contributed by atoms with Gasteiger partial charge in [-0.05, 0) is 35.7 Å². The van der Waals surface area contributed by atoms with Gasteiger partial charge in [-0.1, -0.05) is 50.3 Å². The van der Waals surface area contributed by atoms with Gasteiger partial charge in [0.05, 0.1) is 0 Å². The van der Waals surface area contributed by atoms with E-state index in [0.717, 1.165) is 27.6 Å². The van der Waals surface area contributed by atoms with Gasteiger partial charge in [-0.15, -0.1) is 10.2 Å². The zero-order chi connectivity index (χ0) is 20.3. The summed E-state index contributed by atoms with van der Waals surface area (Å²) in [5, 5.41) is 13.2. The average molecular weight is 404 g/mol. The molecule has 0 atom stereocenters. The number of anilines is 2. The molecule has 29 heavy (non-hydrogen) atoms. The Hall–Kier alpha value is -3.32. The molecule has 0 aliphatic carbocycles. The van der Waals surface area contributed by atoms with Gasteiger partial charge in [-0.25, -0.2) is 4.98 Å². The Morgan fingerprint density at radius 3 is 2.55 bits per heavy atom. The van der Waals surface area contributed by atoms with Crippen molar-refractivity contribution in [1.82, 2.24) is 20.2 Å². The molecule has 1 N–H and O–H groups in total. The predicted molar refractivity (Wildman–Crippen MR) is 116 cm³/mol. The molecule has 0 saturated carbocycles. The van der Waals surface area contributed by atoms with Crippen LogP contribution in [0.2, 0.25) is 0 Å². The van der Waals surface area contributed by atoms with Crippen molar-refractivity contribution in [1.29, 1.82) is 0 Å². The summed E-state index contributed by atoms with van der Waals surface area (Å²) in [6.07, 6.45) is 5.21. The summed E-state index contributed by atoms with van der Waals surface area (Å²) >= 11 is 1.45. The highest BCUT2D eigenvalue weighted by Crippen LogP contribution is 2.37. The van der Waals surface area contributed by atoms with E-state index in [9.17, 15) is 0 Å². The Kier molecular flexibility index (Phi) is 5.22. The lowest BCUT2D eigenvalue weighted by Crippen LogP contribution is -2.12. The molecule has 0 aliphatic rings. The Balaban J connectivity index is 1.60. The standard InChI is InChI=1S/C22H21N5OS/c1-22(2,3)16-9-4-5-11-18(16)28-19-17(10-7-13-24-19)25-21-27-26-20(29-21)15-8-6-12-23-14-15/h4-14H,1-3H3,(H,25,27). The van der Waals surface area contributed by atoms with E-state index >= 15 is 0 Å². The molecule has 4 rings (SSSR count). The molecular weight excluding hydrogens is 382 g/mol. The zero-order valence-electron chi connectivity index (χ0n) is 16.5. The number of pyridine rings is 2. The van der Waals surface area contributed by atoms with Crippen LogP contribution in [-0.2, 0) is 5.41 Å². The van der Waals surface area contributed by atoms with Crippen LogP contribution in [-0.4, -0.2) is 20.2 Å². The molecule has 0 spiro atoms. The van der Waals surface area contributed by atoms with Gasteiger partial charge in [0.2, 0.25) is 11.0 Å². The number of hydrogen-bond acceptors (Lipinski definition) is 7. The van der Waals surface area contributed by atoms with Gasteiger partial charge in [-0.2, -0.15) is 0 Å². The van der Waals surface area contributed by atoms with Crippen LogP contribution in [0.1, 0.15) is 26.3 Å². The number of ether oxygens (including phenoxy) is 1. The Morgan fingerprint density at radius 2 is 1.76 bits per heavy atom. The smallest absolute Gasteiger partial charge is 0.243 e. The minimum Gasteiger partial charge on any atom is -0.437 e. The van der Waals surface area contributed by atoms with E-state index in [1.165, 1.54) is 11.3 Å². The van der Waals surface area contributed by atoms with Gasteiger partial charge in [0.15, 0.2) is 5.01 Å². The van der Waals surface area contributed by atoms with Crippen LogP contribution in [0.25, 0.3) is 10.6 Å². The van der Waals surface area contributed by atoms with Crippen LogP contribution in [0.15, 0.2) is 67.1 Å². The number of rotatable bonds is 5. The van der Waals surface area contributed by atoms with E-state index in [1.807, 2.05) is 42.5 Å². The number of hydrogen-bond donors (Lipinski definition) is 1. The summed E-state index contributed by atoms with van der Waals surface area (Å²) in [7, 11) is 0. The van der Waals surface area contributed by atoms with Crippen molar-refractivity contribution in [2.45, 2.75) is 26.2 Å². The molecule has 0 radical (unpaired) electrons. The van der Waals surface area contributed by atoms with E-state index in [4.69, 9.17) is 4.74 Å². The normalized spacial score (nSPS) is 11.3. The third-order valence-electron chi connectivity index (χ3n) is 4.25. The second-order valence-electron chi connectivity index (χ2n) is 7.48. The molecule has 0 unspecified atom stereocenters. The molecule has 6 nitrogen and oxygen atoms in total. The molecule has 3 aromatic heterocycles. The monoisotopic (exact) mass is 403 g/mol. The Labute approximate surface area is 173 Å². The van der Waals surface area contributed by atoms with Crippen LogP contribution in [0.3, 0.4) is 0 Å². The minimum absolute atomic E-state index is 0.0448. The SMILES string of the molecule is CC(C)(C)c1ccccc1Oc1ncccc1Nc1nnc(-c2cccnc2)s1. The van der Waals surface area contributed by atoms with Crippen molar-refractivity contribution in [2.75, 3.05) is 5.32 Å². The van der Waals surface area contributed by atoms with Crippen LogP contribution in [0, 0.1) is 0 Å². The third-order valence-corrected chi connectivity index (χ3v) is 5.14. The Morgan fingerprint density at radius 1 is 0.931 bits per heavy atom. The first kappa shape index (κ1) is 19.0. The summed E-state index contributed by atoms with van der Waals surface area (Å²) in [6, 6.07) is 15.6. The Bertz CT molecular complexity index is 1110. The number of benzene rings is 1. The topological polar surface area (TPSA) is 72.8 Å². The van der Waals surface area contributed by atoms with Crippen LogP contribution >= 0.6 is 11.3 Å². The molecule has 0 aliphatic heterocycles. The average Bonchev–Trinajstić information content (AvgIpc) is 3.18. The zero-order valence-corrected chi connectivity index (χ0v) is 17.3. The predicted octanol–water partition coefficient (Wildman–Crippen LogP) is 5.83. The van der Waals surface area contributed by atoms with Gasteiger partial charge in [0.1, 0.15) is 11.4 Å². The summed E-state index contributed by atoms with van der Waals surface area (Å²) in [5.74, 6) is 1.28. The highest BCUT2D eigenvalue weighted by atomic mass is 32.1. The van der Waals surface area contributed by atoms with Crippen molar-refractivity contribution in [2.24, 2.45) is 0 Å². The van der Waals surface area contributed by atoms with Gasteiger partial charge >= 0.3 is 0 Å². The maximum atomic E-state index is 6.20. The van der Waals surface area contributed by atoms with Crippen molar-refractivity contribution >= 4 is 22.2 Å². The number of aromatic nitrogens is 4. The largest absolute Gasteiger partial charge is 0.437 e. The molecule has 3 heterocycles. The maximum absolute atomic E-state index is 6.20. The summed E-state index contributed by atoms with van der Waals surface area (Å²) in [5.41, 5.74) is 2.73. The van der Waals surface area contributed by atoms with Crippen molar-refractivity contribution in [3.05, 3.63) is 72.7 Å². The third kappa shape index (κ3) is 4.41. The summed E-state index contributed by atoms with van der Waals surface area (Å²) < 4.78 is 6.20. The van der Waals surface area contributed by atoms with Crippen LogP contribution in [0.5, 0.6) is 11.6 Å². The van der Waals surface area contributed by atoms with Gasteiger partial charge in [-0.3, -0.25) is 4.98 Å². The lowest BCUT2D eigenvalue weighted by molar-refractivity contribution is 0.442. The fourth-order valence-corrected chi connectivity index (χ4v) is 3.59. The van der Waals surface area contributed by atoms with Gasteiger partial charge < -0.3 is 10.1 Å². The maximum Gasteiger partial charge on any atom is 0.243 e. The second kappa shape index (κ2) is 7.97. The molecule has 0 saturated heterocycles. The van der Waals surface area contributed by atoms with E-state index in [2.05, 4.69) is 52.3 Å². The lowest BCUT2D eigenvalue weighted by atomic mass is 9.86. The molecular formula is C22H21N5OS. The van der Waals surface area contributed by atoms with E-state index in [1.54, 1.807) is 18.6 Å². The highest BCUT2D eigenvalue weighted by molar-refractivity contribution is 7.18. The van der Waals surface area contributed by atoms with E-state index < -0.39 is 0 Å². The molecule has 146 valence electrons. The molecule has 1 aromatic carbocycles. The van der Waals surface area contributed by atoms with E-state index in [0.29, 0.717) is 11.0 Å². The first-order valence-corrected chi connectivity index (χ1v) is 10.1. The highest BCUT2D eigenvalue weighted by Gasteiger charge is 2.20. The number of nitrogens with zero attached hydrogens (tertiary/aromatic N) is 4. The van der Waals surface area contributed by atoms with E-state index in [-0.39, 0.29) is 5.41 Å². The van der Waals surface area contributed by atoms with Crippen molar-refractivity contribution in [3.63, 3.8) is 0 Å². The fraction of sp³-hybridized carbons (Fsp3) is 0.182. The summed E-state index contributed by atoms with van der Waals surface area (Å²) in [4.78, 5) is 8.55. The minimum atomic E-state index is -0.0448. The van der Waals surface area contributed by atoms with Crippen molar-refractivity contribution < 1.29 is 4.74 Å².